The fourth-order valence-electron chi connectivity index (χ4n) is 8.32. The van der Waals surface area contributed by atoms with Crippen molar-refractivity contribution in [2.45, 2.75) is 33.1 Å². The molecule has 55 heavy (non-hydrogen) atoms. The molecule has 1 heterocycles. The van der Waals surface area contributed by atoms with Crippen LogP contribution in [0.15, 0.2) is 175 Å². The normalized spacial score (nSPS) is 14.5. The number of anilines is 3. The molecular weight excluding hydrogens is 667 g/mol. The van der Waals surface area contributed by atoms with Gasteiger partial charge in [0, 0.05) is 33.7 Å². The highest BCUT2D eigenvalue weighted by Crippen LogP contribution is 2.50. The smallest absolute Gasteiger partial charge is 0.0662 e. The highest BCUT2D eigenvalue weighted by molar-refractivity contribution is 6.16. The number of nitrogens with one attached hydrogen (secondary N) is 2. The minimum atomic E-state index is -0.0644. The van der Waals surface area contributed by atoms with Crippen molar-refractivity contribution < 1.29 is 0 Å². The van der Waals surface area contributed by atoms with Gasteiger partial charge in [-0.3, -0.25) is 5.41 Å². The quantitative estimate of drug-likeness (QED) is 0.162. The first-order chi connectivity index (χ1) is 26.8. The average molecular weight is 710 g/mol. The predicted octanol–water partition coefficient (Wildman–Crippen LogP) is 13.3. The second-order valence-corrected chi connectivity index (χ2v) is 15.2. The second-order valence-electron chi connectivity index (χ2n) is 15.2. The Balaban J connectivity index is 1.10. The summed E-state index contributed by atoms with van der Waals surface area (Å²) in [5.74, 6) is 0. The lowest BCUT2D eigenvalue weighted by Crippen LogP contribution is -2.20. The molecule has 0 radical (unpaired) electrons. The molecule has 0 atom stereocenters. The molecule has 1 aliphatic carbocycles. The third kappa shape index (κ3) is 6.08. The summed E-state index contributed by atoms with van der Waals surface area (Å²) < 4.78 is 0. The van der Waals surface area contributed by atoms with E-state index in [4.69, 9.17) is 0 Å². The fraction of sp³-hybridized carbons (Fsp3) is 0.0962. The molecule has 1 aliphatic heterocycles. The third-order valence-electron chi connectivity index (χ3n) is 11.3. The molecule has 7 aromatic carbocycles. The van der Waals surface area contributed by atoms with Crippen LogP contribution in [0.4, 0.5) is 17.1 Å². The van der Waals surface area contributed by atoms with Crippen LogP contribution < -0.4 is 10.2 Å². The van der Waals surface area contributed by atoms with Gasteiger partial charge in [0.25, 0.3) is 0 Å². The minimum Gasteiger partial charge on any atom is -0.354 e. The van der Waals surface area contributed by atoms with E-state index < -0.39 is 0 Å². The highest BCUT2D eigenvalue weighted by Gasteiger charge is 2.35. The molecule has 0 saturated heterocycles. The Kier molecular flexibility index (Phi) is 8.43. The van der Waals surface area contributed by atoms with Crippen LogP contribution in [0.5, 0.6) is 0 Å². The molecule has 0 fully saturated rings. The first-order valence-electron chi connectivity index (χ1n) is 19.0. The van der Waals surface area contributed by atoms with Gasteiger partial charge in [0.15, 0.2) is 0 Å². The average Bonchev–Trinajstić information content (AvgIpc) is 3.46. The van der Waals surface area contributed by atoms with Crippen molar-refractivity contribution in [2.75, 3.05) is 4.90 Å². The zero-order chi connectivity index (χ0) is 37.7. The van der Waals surface area contributed by atoms with E-state index in [1.165, 1.54) is 38.9 Å². The Morgan fingerprint density at radius 3 is 1.84 bits per heavy atom. The number of hydrogen-bond donors (Lipinski definition) is 2. The zero-order valence-electron chi connectivity index (χ0n) is 31.7. The van der Waals surface area contributed by atoms with Crippen LogP contribution >= 0.6 is 0 Å². The number of aryl methyl sites for hydroxylation is 1. The SMILES string of the molecule is C/C(C(=N)c1ccc(N(c2ccc(-c3ccccc3)cc2)c2ccc3c(c2)-c2ccccc2C3(C)C)cc1)=C1/NC(c2ccccc2)=Cc2ccc(C)cc21. The third-order valence-corrected chi connectivity index (χ3v) is 11.3. The van der Waals surface area contributed by atoms with Gasteiger partial charge in [0.05, 0.1) is 11.4 Å². The first kappa shape index (κ1) is 34.1. The standard InChI is InChI=1S/C52H43N3/c1-34-19-20-40-32-49(38-15-9-6-10-16-38)54-51(45(40)31-34)35(2)50(53)39-23-27-42(28-24-39)55(41-25-21-37(22-26-41)36-13-7-5-8-14-36)43-29-30-48-46(33-43)44-17-11-12-18-47(44)52(48,3)4/h5-33,53-54H,1-4H3/b51-35-,53-50?. The lowest BCUT2D eigenvalue weighted by molar-refractivity contribution is 0.660. The lowest BCUT2D eigenvalue weighted by atomic mass is 9.82. The maximum absolute atomic E-state index is 9.51. The van der Waals surface area contributed by atoms with Gasteiger partial charge in [-0.1, -0.05) is 147 Å². The van der Waals surface area contributed by atoms with Gasteiger partial charge >= 0.3 is 0 Å². The van der Waals surface area contributed by atoms with Gasteiger partial charge in [-0.15, -0.1) is 0 Å². The Morgan fingerprint density at radius 1 is 0.545 bits per heavy atom. The summed E-state index contributed by atoms with van der Waals surface area (Å²) in [5, 5.41) is 13.2. The number of fused-ring (bicyclic) bond motifs is 4. The summed E-state index contributed by atoms with van der Waals surface area (Å²) in [4.78, 5) is 2.33. The molecular formula is C52H43N3. The lowest BCUT2D eigenvalue weighted by Gasteiger charge is -2.28. The van der Waals surface area contributed by atoms with Gasteiger partial charge in [-0.2, -0.15) is 0 Å². The van der Waals surface area contributed by atoms with Gasteiger partial charge in [0.2, 0.25) is 0 Å². The van der Waals surface area contributed by atoms with Gasteiger partial charge < -0.3 is 10.2 Å². The van der Waals surface area contributed by atoms with Crippen molar-refractivity contribution in [2.24, 2.45) is 0 Å². The van der Waals surface area contributed by atoms with Gasteiger partial charge in [0.1, 0.15) is 0 Å². The molecule has 0 unspecified atom stereocenters. The molecule has 266 valence electrons. The van der Waals surface area contributed by atoms with Crippen molar-refractivity contribution in [3.63, 3.8) is 0 Å². The maximum atomic E-state index is 9.51. The zero-order valence-corrected chi connectivity index (χ0v) is 31.7. The molecule has 3 nitrogen and oxygen atoms in total. The first-order valence-corrected chi connectivity index (χ1v) is 19.0. The van der Waals surface area contributed by atoms with E-state index in [0.29, 0.717) is 5.71 Å². The fourth-order valence-corrected chi connectivity index (χ4v) is 8.32. The second kappa shape index (κ2) is 13.6. The Morgan fingerprint density at radius 2 is 1.13 bits per heavy atom. The van der Waals surface area contributed by atoms with Crippen molar-refractivity contribution in [3.05, 3.63) is 214 Å². The minimum absolute atomic E-state index is 0.0644. The molecule has 2 N–H and O–H groups in total. The molecule has 0 saturated carbocycles. The predicted molar refractivity (Wildman–Crippen MR) is 232 cm³/mol. The highest BCUT2D eigenvalue weighted by atomic mass is 15.1. The van der Waals surface area contributed by atoms with Crippen LogP contribution in [0, 0.1) is 12.3 Å². The van der Waals surface area contributed by atoms with Gasteiger partial charge in [-0.25, -0.2) is 0 Å². The van der Waals surface area contributed by atoms with E-state index in [2.05, 4.69) is 208 Å². The summed E-state index contributed by atoms with van der Waals surface area (Å²) >= 11 is 0. The van der Waals surface area contributed by atoms with E-state index in [9.17, 15) is 5.41 Å². The molecule has 2 aliphatic rings. The van der Waals surface area contributed by atoms with Crippen LogP contribution in [-0.2, 0) is 5.41 Å². The van der Waals surface area contributed by atoms with E-state index in [0.717, 1.165) is 56.3 Å². The van der Waals surface area contributed by atoms with Crippen molar-refractivity contribution in [1.82, 2.24) is 5.32 Å². The van der Waals surface area contributed by atoms with Crippen LogP contribution in [0.2, 0.25) is 0 Å². The monoisotopic (exact) mass is 709 g/mol. The largest absolute Gasteiger partial charge is 0.354 e. The van der Waals surface area contributed by atoms with E-state index in [1.807, 2.05) is 6.07 Å². The summed E-state index contributed by atoms with van der Waals surface area (Å²) in [7, 11) is 0. The summed E-state index contributed by atoms with van der Waals surface area (Å²) in [6, 6.07) is 60.5. The Bertz CT molecular complexity index is 2650. The molecule has 0 aromatic heterocycles. The summed E-state index contributed by atoms with van der Waals surface area (Å²) in [5.41, 5.74) is 19.6. The van der Waals surface area contributed by atoms with Crippen LogP contribution in [0.1, 0.15) is 59.7 Å². The number of hydrogen-bond acceptors (Lipinski definition) is 3. The molecule has 0 amide bonds. The number of allylic oxidation sites excluding steroid dienone is 1. The van der Waals surface area contributed by atoms with E-state index >= 15 is 0 Å². The van der Waals surface area contributed by atoms with E-state index in [1.54, 1.807) is 0 Å². The van der Waals surface area contributed by atoms with Crippen LogP contribution in [-0.4, -0.2) is 5.71 Å². The van der Waals surface area contributed by atoms with Gasteiger partial charge in [-0.05, 0) is 118 Å². The molecule has 9 rings (SSSR count). The van der Waals surface area contributed by atoms with Crippen molar-refractivity contribution >= 4 is 40.2 Å². The van der Waals surface area contributed by atoms with Crippen molar-refractivity contribution in [1.29, 1.82) is 5.41 Å². The summed E-state index contributed by atoms with van der Waals surface area (Å²) in [6.45, 7) is 8.83. The van der Waals surface area contributed by atoms with Crippen molar-refractivity contribution in [3.8, 4) is 22.3 Å². The van der Waals surface area contributed by atoms with E-state index in [-0.39, 0.29) is 5.41 Å². The molecule has 3 heteroatoms. The maximum Gasteiger partial charge on any atom is 0.0662 e. The van der Waals surface area contributed by atoms with Crippen LogP contribution in [0.3, 0.4) is 0 Å². The topological polar surface area (TPSA) is 39.1 Å². The Labute approximate surface area is 324 Å². The number of rotatable bonds is 7. The molecule has 7 aromatic rings. The molecule has 0 spiro atoms. The summed E-state index contributed by atoms with van der Waals surface area (Å²) in [6.07, 6.45) is 2.21. The molecule has 0 bridgehead atoms. The number of benzene rings is 7. The van der Waals surface area contributed by atoms with Crippen LogP contribution in [0.25, 0.3) is 39.7 Å². The Hall–Kier alpha value is -6.71. The number of nitrogens with zero attached hydrogens (tertiary/aromatic N) is 1.